The van der Waals surface area contributed by atoms with Crippen LogP contribution in [0.5, 0.6) is 5.75 Å². The lowest BCUT2D eigenvalue weighted by atomic mass is 10.2. The molecule has 1 saturated carbocycles. The van der Waals surface area contributed by atoms with Gasteiger partial charge in [0.1, 0.15) is 10.6 Å². The highest BCUT2D eigenvalue weighted by atomic mass is 32.2. The van der Waals surface area contributed by atoms with Gasteiger partial charge >= 0.3 is 0 Å². The fourth-order valence-electron chi connectivity index (χ4n) is 2.56. The van der Waals surface area contributed by atoms with Crippen molar-refractivity contribution in [2.45, 2.75) is 36.2 Å². The van der Waals surface area contributed by atoms with Crippen LogP contribution in [0, 0.1) is 0 Å². The van der Waals surface area contributed by atoms with Gasteiger partial charge in [0, 0.05) is 24.2 Å². The maximum Gasteiger partial charge on any atom is 0.251 e. The molecule has 1 aromatic rings. The minimum absolute atomic E-state index is 0.00379. The Bertz CT molecular complexity index is 695. The van der Waals surface area contributed by atoms with E-state index in [2.05, 4.69) is 15.4 Å². The zero-order valence-corrected chi connectivity index (χ0v) is 13.8. The van der Waals surface area contributed by atoms with E-state index in [1.165, 1.54) is 19.2 Å². The normalized spacial score (nSPS) is 21.2. The molecule has 1 aliphatic heterocycles. The lowest BCUT2D eigenvalue weighted by Crippen LogP contribution is -2.36. The minimum Gasteiger partial charge on any atom is -0.495 e. The van der Waals surface area contributed by atoms with Crippen molar-refractivity contribution in [2.75, 3.05) is 20.2 Å². The average molecular weight is 339 g/mol. The summed E-state index contributed by atoms with van der Waals surface area (Å²) in [6.07, 6.45) is 2.56. The van der Waals surface area contributed by atoms with Gasteiger partial charge in [-0.3, -0.25) is 4.79 Å². The SMILES string of the molecule is COc1ccc(C(=O)NC2CCNC2)cc1S(=O)(=O)NC1CC1. The van der Waals surface area contributed by atoms with Crippen molar-refractivity contribution in [1.29, 1.82) is 0 Å². The molecule has 2 fully saturated rings. The Morgan fingerprint density at radius 2 is 2.04 bits per heavy atom. The Labute approximate surface area is 135 Å². The predicted molar refractivity (Wildman–Crippen MR) is 85.1 cm³/mol. The molecule has 1 aromatic carbocycles. The van der Waals surface area contributed by atoms with E-state index in [1.54, 1.807) is 6.07 Å². The fourth-order valence-corrected chi connectivity index (χ4v) is 4.06. The predicted octanol–water partition coefficient (Wildman–Crippen LogP) is 0.228. The van der Waals surface area contributed by atoms with E-state index in [0.717, 1.165) is 32.4 Å². The summed E-state index contributed by atoms with van der Waals surface area (Å²) >= 11 is 0. The monoisotopic (exact) mass is 339 g/mol. The maximum atomic E-state index is 12.4. The molecule has 2 aliphatic rings. The lowest BCUT2D eigenvalue weighted by Gasteiger charge is -2.14. The summed E-state index contributed by atoms with van der Waals surface area (Å²) in [7, 11) is -2.28. The molecule has 0 bridgehead atoms. The van der Waals surface area contributed by atoms with Gasteiger partial charge in [0.05, 0.1) is 7.11 Å². The smallest absolute Gasteiger partial charge is 0.251 e. The van der Waals surface area contributed by atoms with Crippen molar-refractivity contribution in [3.05, 3.63) is 23.8 Å². The van der Waals surface area contributed by atoms with Gasteiger partial charge < -0.3 is 15.4 Å². The van der Waals surface area contributed by atoms with Gasteiger partial charge in [-0.25, -0.2) is 13.1 Å². The van der Waals surface area contributed by atoms with E-state index >= 15 is 0 Å². The minimum atomic E-state index is -3.69. The van der Waals surface area contributed by atoms with Crippen LogP contribution in [0.1, 0.15) is 29.6 Å². The third kappa shape index (κ3) is 3.82. The summed E-state index contributed by atoms with van der Waals surface area (Å²) in [4.78, 5) is 12.3. The molecule has 1 unspecified atom stereocenters. The van der Waals surface area contributed by atoms with E-state index in [4.69, 9.17) is 4.74 Å². The molecular weight excluding hydrogens is 318 g/mol. The van der Waals surface area contributed by atoms with E-state index in [-0.39, 0.29) is 28.6 Å². The highest BCUT2D eigenvalue weighted by Crippen LogP contribution is 2.28. The summed E-state index contributed by atoms with van der Waals surface area (Å²) in [6.45, 7) is 1.61. The topological polar surface area (TPSA) is 96.5 Å². The summed E-state index contributed by atoms with van der Waals surface area (Å²) in [5.41, 5.74) is 0.314. The molecule has 8 heteroatoms. The van der Waals surface area contributed by atoms with Gasteiger partial charge in [-0.15, -0.1) is 0 Å². The third-order valence-corrected chi connectivity index (χ3v) is 5.55. The molecule has 1 saturated heterocycles. The molecule has 0 spiro atoms. The number of nitrogens with one attached hydrogen (secondary N) is 3. The van der Waals surface area contributed by atoms with Crippen molar-refractivity contribution in [1.82, 2.24) is 15.4 Å². The maximum absolute atomic E-state index is 12.4. The van der Waals surface area contributed by atoms with Gasteiger partial charge in [0.25, 0.3) is 5.91 Å². The highest BCUT2D eigenvalue weighted by Gasteiger charge is 2.30. The second-order valence-corrected chi connectivity index (χ2v) is 7.61. The molecule has 1 amide bonds. The number of hydrogen-bond acceptors (Lipinski definition) is 5. The standard InChI is InChI=1S/C15H21N3O4S/c1-22-13-5-2-10(15(19)17-12-6-7-16-9-12)8-14(13)23(20,21)18-11-3-4-11/h2,5,8,11-12,16,18H,3-4,6-7,9H2,1H3,(H,17,19). The van der Waals surface area contributed by atoms with E-state index in [0.29, 0.717) is 5.56 Å². The largest absolute Gasteiger partial charge is 0.495 e. The molecule has 0 radical (unpaired) electrons. The van der Waals surface area contributed by atoms with Crippen LogP contribution < -0.4 is 20.1 Å². The van der Waals surface area contributed by atoms with Crippen LogP contribution in [0.3, 0.4) is 0 Å². The molecular formula is C15H21N3O4S. The Hall–Kier alpha value is -1.64. The van der Waals surface area contributed by atoms with Gasteiger partial charge in [-0.2, -0.15) is 0 Å². The first-order valence-corrected chi connectivity index (χ1v) is 9.20. The summed E-state index contributed by atoms with van der Waals surface area (Å²) in [5.74, 6) is -0.0403. The number of sulfonamides is 1. The molecule has 126 valence electrons. The number of rotatable bonds is 6. The number of amides is 1. The van der Waals surface area contributed by atoms with E-state index in [1.807, 2.05) is 0 Å². The van der Waals surface area contributed by atoms with Crippen LogP contribution in [0.25, 0.3) is 0 Å². The second-order valence-electron chi connectivity index (χ2n) is 5.92. The second kappa shape index (κ2) is 6.46. The molecule has 1 aliphatic carbocycles. The number of carbonyl (C=O) groups excluding carboxylic acids is 1. The van der Waals surface area contributed by atoms with E-state index in [9.17, 15) is 13.2 Å². The van der Waals surface area contributed by atoms with Crippen molar-refractivity contribution in [2.24, 2.45) is 0 Å². The van der Waals surface area contributed by atoms with Crippen molar-refractivity contribution in [3.8, 4) is 5.75 Å². The average Bonchev–Trinajstić information content (AvgIpc) is 3.18. The fraction of sp³-hybridized carbons (Fsp3) is 0.533. The number of hydrogen-bond donors (Lipinski definition) is 3. The molecule has 3 rings (SSSR count). The first-order valence-electron chi connectivity index (χ1n) is 7.71. The van der Waals surface area contributed by atoms with Crippen molar-refractivity contribution in [3.63, 3.8) is 0 Å². The van der Waals surface area contributed by atoms with Crippen LogP contribution >= 0.6 is 0 Å². The van der Waals surface area contributed by atoms with E-state index < -0.39 is 10.0 Å². The quantitative estimate of drug-likeness (QED) is 0.689. The number of methoxy groups -OCH3 is 1. The first kappa shape index (κ1) is 16.2. The zero-order chi connectivity index (χ0) is 16.4. The third-order valence-electron chi connectivity index (χ3n) is 4.01. The molecule has 7 nitrogen and oxygen atoms in total. The van der Waals surface area contributed by atoms with Gasteiger partial charge in [-0.1, -0.05) is 0 Å². The van der Waals surface area contributed by atoms with Gasteiger partial charge in [0.15, 0.2) is 0 Å². The number of ether oxygens (including phenoxy) is 1. The van der Waals surface area contributed by atoms with Crippen LogP contribution in [-0.2, 0) is 10.0 Å². The number of benzene rings is 1. The first-order chi connectivity index (χ1) is 11.0. The Morgan fingerprint density at radius 3 is 2.65 bits per heavy atom. The molecule has 1 heterocycles. The van der Waals surface area contributed by atoms with Crippen LogP contribution in [0.2, 0.25) is 0 Å². The van der Waals surface area contributed by atoms with Crippen LogP contribution in [-0.4, -0.2) is 46.6 Å². The molecule has 1 atom stereocenters. The van der Waals surface area contributed by atoms with Crippen LogP contribution in [0.15, 0.2) is 23.1 Å². The summed E-state index contributed by atoms with van der Waals surface area (Å²) in [6, 6.07) is 4.54. The molecule has 23 heavy (non-hydrogen) atoms. The van der Waals surface area contributed by atoms with Gasteiger partial charge in [0.2, 0.25) is 10.0 Å². The molecule has 3 N–H and O–H groups in total. The summed E-state index contributed by atoms with van der Waals surface area (Å²) in [5, 5.41) is 6.08. The van der Waals surface area contributed by atoms with Crippen LogP contribution in [0.4, 0.5) is 0 Å². The highest BCUT2D eigenvalue weighted by molar-refractivity contribution is 7.89. The zero-order valence-electron chi connectivity index (χ0n) is 13.0. The van der Waals surface area contributed by atoms with Crippen molar-refractivity contribution < 1.29 is 17.9 Å². The molecule has 0 aromatic heterocycles. The summed E-state index contributed by atoms with van der Waals surface area (Å²) < 4.78 is 32.6. The Morgan fingerprint density at radius 1 is 1.26 bits per heavy atom. The van der Waals surface area contributed by atoms with Gasteiger partial charge in [-0.05, 0) is 44.0 Å². The Kier molecular flexibility index (Phi) is 4.56. The Balaban J connectivity index is 1.84. The lowest BCUT2D eigenvalue weighted by molar-refractivity contribution is 0.0940. The number of carbonyl (C=O) groups is 1. The van der Waals surface area contributed by atoms with Crippen molar-refractivity contribution >= 4 is 15.9 Å².